The van der Waals surface area contributed by atoms with Crippen molar-refractivity contribution in [2.75, 3.05) is 14.2 Å². The van der Waals surface area contributed by atoms with Gasteiger partial charge in [-0.15, -0.1) is 0 Å². The standard InChI is InChI=1S/C22H22ClN3O7/c1-5-12(2)32-21-16(23)6-13(7-17(21)30-3)11-24-25-22(27)19-9-14-8-15(26(28)29)10-18(31-4)20(14)33-19/h6-12H,5H2,1-4H3,(H,25,27)/b24-11-/t12-/m0/s1. The predicted molar refractivity (Wildman–Crippen MR) is 123 cm³/mol. The molecule has 0 aliphatic rings. The molecule has 0 fully saturated rings. The van der Waals surface area contributed by atoms with Gasteiger partial charge in [-0.2, -0.15) is 5.10 Å². The summed E-state index contributed by atoms with van der Waals surface area (Å²) in [5, 5.41) is 15.7. The van der Waals surface area contributed by atoms with E-state index in [1.54, 1.807) is 12.1 Å². The Morgan fingerprint density at radius 2 is 1.97 bits per heavy atom. The van der Waals surface area contributed by atoms with Crippen LogP contribution in [-0.4, -0.2) is 37.4 Å². The van der Waals surface area contributed by atoms with Gasteiger partial charge in [0.15, 0.2) is 28.6 Å². The largest absolute Gasteiger partial charge is 0.493 e. The molecule has 0 aliphatic carbocycles. The van der Waals surface area contributed by atoms with Crippen molar-refractivity contribution in [3.63, 3.8) is 0 Å². The molecule has 11 heteroatoms. The van der Waals surface area contributed by atoms with Crippen LogP contribution >= 0.6 is 11.6 Å². The van der Waals surface area contributed by atoms with Gasteiger partial charge in [0.25, 0.3) is 5.69 Å². The summed E-state index contributed by atoms with van der Waals surface area (Å²) in [5.74, 6) is 0.264. The van der Waals surface area contributed by atoms with E-state index in [0.717, 1.165) is 6.42 Å². The first-order valence-electron chi connectivity index (χ1n) is 9.90. The van der Waals surface area contributed by atoms with Crippen LogP contribution in [0, 0.1) is 10.1 Å². The SMILES string of the molecule is CC[C@H](C)Oc1c(Cl)cc(/C=N\NC(=O)c2cc3cc([N+](=O)[O-])cc(OC)c3o2)cc1OC. The minimum atomic E-state index is -0.651. The van der Waals surface area contributed by atoms with Crippen molar-refractivity contribution in [2.45, 2.75) is 26.4 Å². The van der Waals surface area contributed by atoms with Crippen LogP contribution < -0.4 is 19.6 Å². The first-order valence-corrected chi connectivity index (χ1v) is 10.3. The molecule has 0 radical (unpaired) electrons. The smallest absolute Gasteiger partial charge is 0.307 e. The Hall–Kier alpha value is -3.79. The van der Waals surface area contributed by atoms with Crippen LogP contribution in [0.2, 0.25) is 5.02 Å². The number of nitrogens with zero attached hydrogens (tertiary/aromatic N) is 2. The lowest BCUT2D eigenvalue weighted by atomic mass is 10.2. The topological polar surface area (TPSA) is 125 Å². The number of methoxy groups -OCH3 is 2. The zero-order valence-electron chi connectivity index (χ0n) is 18.4. The number of rotatable bonds is 9. The normalized spacial score (nSPS) is 12.0. The molecule has 10 nitrogen and oxygen atoms in total. The van der Waals surface area contributed by atoms with Gasteiger partial charge in [0.1, 0.15) is 0 Å². The summed E-state index contributed by atoms with van der Waals surface area (Å²) in [4.78, 5) is 23.0. The van der Waals surface area contributed by atoms with Crippen LogP contribution in [0.5, 0.6) is 17.2 Å². The summed E-state index contributed by atoms with van der Waals surface area (Å²) in [6, 6.07) is 7.18. The van der Waals surface area contributed by atoms with Crippen molar-refractivity contribution in [3.8, 4) is 17.2 Å². The van der Waals surface area contributed by atoms with Gasteiger partial charge >= 0.3 is 5.91 Å². The maximum Gasteiger partial charge on any atom is 0.307 e. The molecule has 1 atom stereocenters. The maximum absolute atomic E-state index is 12.5. The first-order chi connectivity index (χ1) is 15.8. The second-order valence-electron chi connectivity index (χ2n) is 7.00. The fourth-order valence-electron chi connectivity index (χ4n) is 2.91. The molecule has 0 unspecified atom stereocenters. The molecule has 3 aromatic rings. The number of hydrazone groups is 1. The lowest BCUT2D eigenvalue weighted by Gasteiger charge is -2.17. The van der Waals surface area contributed by atoms with Crippen molar-refractivity contribution in [3.05, 3.63) is 56.8 Å². The first kappa shape index (κ1) is 23.9. The van der Waals surface area contributed by atoms with Gasteiger partial charge < -0.3 is 18.6 Å². The molecule has 174 valence electrons. The number of amides is 1. The van der Waals surface area contributed by atoms with Gasteiger partial charge in [-0.25, -0.2) is 5.43 Å². The second-order valence-corrected chi connectivity index (χ2v) is 7.41. The lowest BCUT2D eigenvalue weighted by Crippen LogP contribution is -2.16. The van der Waals surface area contributed by atoms with Crippen LogP contribution in [0.1, 0.15) is 36.4 Å². The van der Waals surface area contributed by atoms with Crippen LogP contribution in [-0.2, 0) is 0 Å². The molecule has 0 bridgehead atoms. The van der Waals surface area contributed by atoms with Gasteiger partial charge in [0, 0.05) is 11.5 Å². The number of benzene rings is 2. The van der Waals surface area contributed by atoms with Crippen molar-refractivity contribution >= 4 is 40.4 Å². The summed E-state index contributed by atoms with van der Waals surface area (Å²) in [5.41, 5.74) is 2.94. The third-order valence-corrected chi connectivity index (χ3v) is 5.03. The van der Waals surface area contributed by atoms with E-state index in [1.807, 2.05) is 13.8 Å². The zero-order chi connectivity index (χ0) is 24.1. The number of nitro benzene ring substituents is 1. The third kappa shape index (κ3) is 5.35. The number of carbonyl (C=O) groups excluding carboxylic acids is 1. The van der Waals surface area contributed by atoms with E-state index < -0.39 is 10.8 Å². The van der Waals surface area contributed by atoms with Crippen LogP contribution in [0.3, 0.4) is 0 Å². The molecule has 3 rings (SSSR count). The fourth-order valence-corrected chi connectivity index (χ4v) is 3.17. The molecule has 0 saturated heterocycles. The molecule has 1 aromatic heterocycles. The molecule has 2 aromatic carbocycles. The highest BCUT2D eigenvalue weighted by atomic mass is 35.5. The molecule has 0 saturated carbocycles. The maximum atomic E-state index is 12.5. The molecule has 1 N–H and O–H groups in total. The number of ether oxygens (including phenoxy) is 3. The van der Waals surface area contributed by atoms with Gasteiger partial charge in [-0.05, 0) is 37.1 Å². The number of carbonyl (C=O) groups is 1. The van der Waals surface area contributed by atoms with E-state index in [4.69, 9.17) is 30.2 Å². The number of nitro groups is 1. The van der Waals surface area contributed by atoms with Gasteiger partial charge in [-0.1, -0.05) is 18.5 Å². The molecule has 1 amide bonds. The summed E-state index contributed by atoms with van der Waals surface area (Å²) in [6.07, 6.45) is 2.14. The van der Waals surface area contributed by atoms with Crippen molar-refractivity contribution in [2.24, 2.45) is 5.10 Å². The van der Waals surface area contributed by atoms with E-state index in [-0.39, 0.29) is 28.9 Å². The number of furan rings is 1. The Balaban J connectivity index is 1.79. The average molecular weight is 476 g/mol. The van der Waals surface area contributed by atoms with E-state index in [1.165, 1.54) is 38.6 Å². The zero-order valence-corrected chi connectivity index (χ0v) is 19.1. The van der Waals surface area contributed by atoms with Crippen molar-refractivity contribution in [1.29, 1.82) is 0 Å². The quantitative estimate of drug-likeness (QED) is 0.263. The predicted octanol–water partition coefficient (Wildman–Crippen LogP) is 4.95. The Morgan fingerprint density at radius 1 is 1.24 bits per heavy atom. The molecule has 33 heavy (non-hydrogen) atoms. The molecule has 0 spiro atoms. The Morgan fingerprint density at radius 3 is 2.61 bits per heavy atom. The van der Waals surface area contributed by atoms with Gasteiger partial charge in [-0.3, -0.25) is 14.9 Å². The number of halogens is 1. The summed E-state index contributed by atoms with van der Waals surface area (Å²) in [7, 11) is 2.85. The molecular formula is C22H22ClN3O7. The Bertz CT molecular complexity index is 1220. The number of non-ortho nitro benzene ring substituents is 1. The Labute approximate surface area is 194 Å². The number of hydrogen-bond acceptors (Lipinski definition) is 8. The lowest BCUT2D eigenvalue weighted by molar-refractivity contribution is -0.384. The summed E-state index contributed by atoms with van der Waals surface area (Å²) < 4.78 is 21.8. The van der Waals surface area contributed by atoms with E-state index >= 15 is 0 Å². The number of fused-ring (bicyclic) bond motifs is 1. The highest BCUT2D eigenvalue weighted by Crippen LogP contribution is 2.37. The number of hydrogen-bond donors (Lipinski definition) is 1. The third-order valence-electron chi connectivity index (χ3n) is 4.75. The molecular weight excluding hydrogens is 454 g/mol. The molecule has 1 heterocycles. The monoisotopic (exact) mass is 475 g/mol. The van der Waals surface area contributed by atoms with Crippen LogP contribution in [0.4, 0.5) is 5.69 Å². The Kier molecular flexibility index (Phi) is 7.39. The van der Waals surface area contributed by atoms with Gasteiger partial charge in [0.05, 0.1) is 42.6 Å². The average Bonchev–Trinajstić information content (AvgIpc) is 3.24. The van der Waals surface area contributed by atoms with E-state index in [2.05, 4.69) is 10.5 Å². The minimum Gasteiger partial charge on any atom is -0.493 e. The van der Waals surface area contributed by atoms with Crippen molar-refractivity contribution in [1.82, 2.24) is 5.43 Å². The summed E-state index contributed by atoms with van der Waals surface area (Å²) in [6.45, 7) is 3.92. The van der Waals surface area contributed by atoms with E-state index in [0.29, 0.717) is 27.5 Å². The van der Waals surface area contributed by atoms with Crippen LogP contribution in [0.25, 0.3) is 11.0 Å². The van der Waals surface area contributed by atoms with Crippen molar-refractivity contribution < 1.29 is 28.3 Å². The minimum absolute atomic E-state index is 0.0425. The fraction of sp³-hybridized carbons (Fsp3) is 0.273. The highest BCUT2D eigenvalue weighted by molar-refractivity contribution is 6.32. The second kappa shape index (κ2) is 10.2. The van der Waals surface area contributed by atoms with Crippen LogP contribution in [0.15, 0.2) is 39.9 Å². The summed E-state index contributed by atoms with van der Waals surface area (Å²) >= 11 is 6.33. The van der Waals surface area contributed by atoms with E-state index in [9.17, 15) is 14.9 Å². The highest BCUT2D eigenvalue weighted by Gasteiger charge is 2.19. The number of nitrogens with one attached hydrogen (secondary N) is 1. The van der Waals surface area contributed by atoms with Gasteiger partial charge in [0.2, 0.25) is 0 Å². The molecule has 0 aliphatic heterocycles.